The largest absolute Gasteiger partial charge is 0.394 e. The lowest BCUT2D eigenvalue weighted by Crippen LogP contribution is -2.40. The number of hydrogen-bond donors (Lipinski definition) is 5. The highest BCUT2D eigenvalue weighted by Crippen LogP contribution is 2.21. The zero-order valence-corrected chi connectivity index (χ0v) is 6.24. The molecule has 1 unspecified atom stereocenters. The molecule has 0 spiro atoms. The first-order valence-electron chi connectivity index (χ1n) is 3.56. The van der Waals surface area contributed by atoms with Crippen molar-refractivity contribution in [1.82, 2.24) is 0 Å². The Bertz CT molecular complexity index is 151. The van der Waals surface area contributed by atoms with Gasteiger partial charge in [0.1, 0.15) is 24.4 Å². The van der Waals surface area contributed by atoms with Gasteiger partial charge in [0, 0.05) is 0 Å². The van der Waals surface area contributed by atoms with Crippen LogP contribution in [0.15, 0.2) is 0 Å². The standard InChI is InChI=1S/C6H12O6/c7-1-2(8)5-3(9)4(10)6(11)12-5/h2-11H,1H2/t2-,3-,4?,5+,6-/m0/s1. The lowest BCUT2D eigenvalue weighted by atomic mass is 10.1. The summed E-state index contributed by atoms with van der Waals surface area (Å²) in [5.74, 6) is 0. The number of hydrogen-bond acceptors (Lipinski definition) is 6. The molecule has 1 fully saturated rings. The summed E-state index contributed by atoms with van der Waals surface area (Å²) in [5.41, 5.74) is 0. The number of ether oxygens (including phenoxy) is 1. The van der Waals surface area contributed by atoms with Crippen LogP contribution in [0, 0.1) is 0 Å². The van der Waals surface area contributed by atoms with Crippen molar-refractivity contribution >= 4 is 0 Å². The molecular formula is C6H12O6. The minimum absolute atomic E-state index is 0.596. The van der Waals surface area contributed by atoms with E-state index in [0.717, 1.165) is 0 Å². The van der Waals surface area contributed by atoms with Crippen LogP contribution in [0.4, 0.5) is 0 Å². The molecule has 0 aliphatic carbocycles. The summed E-state index contributed by atoms with van der Waals surface area (Å²) in [5, 5.41) is 44.4. The summed E-state index contributed by atoms with van der Waals surface area (Å²) in [6.07, 6.45) is -6.75. The molecule has 1 aliphatic heterocycles. The molecule has 0 radical (unpaired) electrons. The van der Waals surface area contributed by atoms with E-state index in [-0.39, 0.29) is 0 Å². The maximum absolute atomic E-state index is 9.12. The average Bonchev–Trinajstić information content (AvgIpc) is 2.32. The summed E-state index contributed by atoms with van der Waals surface area (Å²) in [4.78, 5) is 0. The molecule has 1 rings (SSSR count). The van der Waals surface area contributed by atoms with Crippen LogP contribution >= 0.6 is 0 Å². The molecule has 0 saturated carbocycles. The van der Waals surface area contributed by atoms with Crippen LogP contribution in [0.3, 0.4) is 0 Å². The van der Waals surface area contributed by atoms with Crippen molar-refractivity contribution in [3.8, 4) is 0 Å². The van der Waals surface area contributed by atoms with Gasteiger partial charge in [-0.25, -0.2) is 0 Å². The predicted octanol–water partition coefficient (Wildman–Crippen LogP) is -3.22. The first-order valence-corrected chi connectivity index (χ1v) is 3.56. The van der Waals surface area contributed by atoms with E-state index in [1.807, 2.05) is 0 Å². The Morgan fingerprint density at radius 2 is 1.75 bits per heavy atom. The Morgan fingerprint density at radius 3 is 2.08 bits per heavy atom. The summed E-state index contributed by atoms with van der Waals surface area (Å²) in [6, 6.07) is 0. The SMILES string of the molecule is OC[C@H](O)[C@H]1O[C@H](O)C(O)[C@@H]1O. The molecule has 0 amide bonds. The summed E-state index contributed by atoms with van der Waals surface area (Å²) >= 11 is 0. The van der Waals surface area contributed by atoms with Gasteiger partial charge >= 0.3 is 0 Å². The summed E-state index contributed by atoms with van der Waals surface area (Å²) in [7, 11) is 0. The molecule has 0 bridgehead atoms. The molecule has 5 N–H and O–H groups in total. The minimum atomic E-state index is -1.51. The molecule has 0 aromatic rings. The average molecular weight is 180 g/mol. The molecule has 0 aromatic carbocycles. The number of rotatable bonds is 2. The highest BCUT2D eigenvalue weighted by molar-refractivity contribution is 4.89. The molecular weight excluding hydrogens is 168 g/mol. The third kappa shape index (κ3) is 1.58. The van der Waals surface area contributed by atoms with E-state index in [1.165, 1.54) is 0 Å². The van der Waals surface area contributed by atoms with Gasteiger partial charge in [-0.1, -0.05) is 0 Å². The summed E-state index contributed by atoms with van der Waals surface area (Å²) in [6.45, 7) is -0.596. The van der Waals surface area contributed by atoms with Crippen LogP contribution in [-0.2, 0) is 4.74 Å². The molecule has 6 nitrogen and oxygen atoms in total. The van der Waals surface area contributed by atoms with E-state index in [2.05, 4.69) is 4.74 Å². The molecule has 12 heavy (non-hydrogen) atoms. The predicted molar refractivity (Wildman–Crippen MR) is 36.0 cm³/mol. The van der Waals surface area contributed by atoms with Crippen molar-refractivity contribution in [2.24, 2.45) is 0 Å². The fourth-order valence-corrected chi connectivity index (χ4v) is 1.11. The van der Waals surface area contributed by atoms with Crippen molar-refractivity contribution in [3.05, 3.63) is 0 Å². The molecule has 1 saturated heterocycles. The Kier molecular flexibility index (Phi) is 2.99. The van der Waals surface area contributed by atoms with E-state index in [9.17, 15) is 0 Å². The van der Waals surface area contributed by atoms with Crippen molar-refractivity contribution < 1.29 is 30.3 Å². The highest BCUT2D eigenvalue weighted by atomic mass is 16.6. The van der Waals surface area contributed by atoms with Gasteiger partial charge < -0.3 is 30.3 Å². The smallest absolute Gasteiger partial charge is 0.184 e. The van der Waals surface area contributed by atoms with Crippen LogP contribution in [0.2, 0.25) is 0 Å². The van der Waals surface area contributed by atoms with Gasteiger partial charge in [-0.2, -0.15) is 0 Å². The van der Waals surface area contributed by atoms with Gasteiger partial charge in [-0.15, -0.1) is 0 Å². The monoisotopic (exact) mass is 180 g/mol. The van der Waals surface area contributed by atoms with E-state index >= 15 is 0 Å². The quantitative estimate of drug-likeness (QED) is 0.306. The van der Waals surface area contributed by atoms with E-state index in [0.29, 0.717) is 0 Å². The number of aliphatic hydroxyl groups excluding tert-OH is 5. The zero-order valence-electron chi connectivity index (χ0n) is 6.24. The molecule has 6 heteroatoms. The van der Waals surface area contributed by atoms with Gasteiger partial charge in [0.2, 0.25) is 0 Å². The minimum Gasteiger partial charge on any atom is -0.394 e. The van der Waals surface area contributed by atoms with E-state index < -0.39 is 37.3 Å². The third-order valence-electron chi connectivity index (χ3n) is 1.84. The first kappa shape index (κ1) is 9.85. The Balaban J connectivity index is 2.58. The van der Waals surface area contributed by atoms with Crippen LogP contribution < -0.4 is 0 Å². The van der Waals surface area contributed by atoms with Gasteiger partial charge in [0.05, 0.1) is 6.61 Å². The molecule has 5 atom stereocenters. The molecule has 1 aliphatic rings. The Hall–Kier alpha value is -0.240. The van der Waals surface area contributed by atoms with Gasteiger partial charge in [-0.3, -0.25) is 0 Å². The van der Waals surface area contributed by atoms with Crippen LogP contribution in [-0.4, -0.2) is 62.8 Å². The van der Waals surface area contributed by atoms with Crippen molar-refractivity contribution in [3.63, 3.8) is 0 Å². The third-order valence-corrected chi connectivity index (χ3v) is 1.84. The maximum Gasteiger partial charge on any atom is 0.184 e. The second-order valence-electron chi connectivity index (χ2n) is 2.72. The maximum atomic E-state index is 9.12. The zero-order chi connectivity index (χ0) is 9.30. The second kappa shape index (κ2) is 3.65. The van der Waals surface area contributed by atoms with E-state index in [1.54, 1.807) is 0 Å². The molecule has 1 heterocycles. The topological polar surface area (TPSA) is 110 Å². The lowest BCUT2D eigenvalue weighted by molar-refractivity contribution is -0.150. The lowest BCUT2D eigenvalue weighted by Gasteiger charge is -2.18. The van der Waals surface area contributed by atoms with Crippen LogP contribution in [0.5, 0.6) is 0 Å². The fourth-order valence-electron chi connectivity index (χ4n) is 1.11. The molecule has 0 aromatic heterocycles. The van der Waals surface area contributed by atoms with E-state index in [4.69, 9.17) is 25.5 Å². The van der Waals surface area contributed by atoms with Crippen LogP contribution in [0.1, 0.15) is 0 Å². The van der Waals surface area contributed by atoms with Gasteiger partial charge in [0.25, 0.3) is 0 Å². The second-order valence-corrected chi connectivity index (χ2v) is 2.72. The fraction of sp³-hybridized carbons (Fsp3) is 1.00. The van der Waals surface area contributed by atoms with Crippen molar-refractivity contribution in [2.75, 3.05) is 6.61 Å². The van der Waals surface area contributed by atoms with Crippen LogP contribution in [0.25, 0.3) is 0 Å². The van der Waals surface area contributed by atoms with Gasteiger partial charge in [-0.05, 0) is 0 Å². The summed E-state index contributed by atoms with van der Waals surface area (Å²) < 4.78 is 4.58. The number of aliphatic hydroxyl groups is 5. The van der Waals surface area contributed by atoms with Crippen molar-refractivity contribution in [1.29, 1.82) is 0 Å². The Labute approximate surface area is 68.6 Å². The van der Waals surface area contributed by atoms with Crippen molar-refractivity contribution in [2.45, 2.75) is 30.7 Å². The first-order chi connectivity index (χ1) is 5.57. The Morgan fingerprint density at radius 1 is 1.17 bits per heavy atom. The van der Waals surface area contributed by atoms with Gasteiger partial charge in [0.15, 0.2) is 6.29 Å². The molecule has 72 valence electrons. The highest BCUT2D eigenvalue weighted by Gasteiger charge is 2.44. The normalized spacial score (nSPS) is 44.8.